The Bertz CT molecular complexity index is 1060. The Labute approximate surface area is 419 Å². The Hall–Kier alpha value is -0.500. The fourth-order valence-electron chi connectivity index (χ4n) is 9.40. The monoisotopic (exact) mass is 972 g/mol. The summed E-state index contributed by atoms with van der Waals surface area (Å²) in [6.07, 6.45) is 60.7. The minimum absolute atomic E-state index is 0.0784. The molecular formula is C58H120N2O6P+. The van der Waals surface area contributed by atoms with Crippen LogP contribution in [0.5, 0.6) is 0 Å². The maximum atomic E-state index is 12.9. The maximum absolute atomic E-state index is 12.9. The van der Waals surface area contributed by atoms with Crippen LogP contribution in [0.4, 0.5) is 0 Å². The van der Waals surface area contributed by atoms with Gasteiger partial charge in [0.05, 0.1) is 39.9 Å². The molecule has 3 N–H and O–H groups in total. The molecule has 0 aromatic carbocycles. The Morgan fingerprint density at radius 2 is 0.716 bits per heavy atom. The van der Waals surface area contributed by atoms with Crippen molar-refractivity contribution >= 4 is 13.7 Å². The molecule has 0 fully saturated rings. The van der Waals surface area contributed by atoms with Crippen molar-refractivity contribution in [2.45, 2.75) is 328 Å². The molecule has 3 atom stereocenters. The Morgan fingerprint density at radius 3 is 1.00 bits per heavy atom. The molecule has 0 aromatic rings. The van der Waals surface area contributed by atoms with Crippen molar-refractivity contribution < 1.29 is 32.9 Å². The van der Waals surface area contributed by atoms with E-state index in [-0.39, 0.29) is 19.1 Å². The summed E-state index contributed by atoms with van der Waals surface area (Å²) in [6, 6.07) is -0.753. The molecule has 8 nitrogen and oxygen atoms in total. The van der Waals surface area contributed by atoms with Crippen molar-refractivity contribution in [3.8, 4) is 0 Å². The summed E-state index contributed by atoms with van der Waals surface area (Å²) < 4.78 is 23.7. The van der Waals surface area contributed by atoms with E-state index in [1.54, 1.807) is 0 Å². The van der Waals surface area contributed by atoms with Crippen molar-refractivity contribution in [1.29, 1.82) is 0 Å². The minimum Gasteiger partial charge on any atom is -0.391 e. The van der Waals surface area contributed by atoms with Gasteiger partial charge in [0.25, 0.3) is 0 Å². The maximum Gasteiger partial charge on any atom is 0.472 e. The van der Waals surface area contributed by atoms with Gasteiger partial charge in [-0.25, -0.2) is 4.57 Å². The Balaban J connectivity index is 3.77. The SMILES string of the molecule is CCCCCCCCCCCCCCCCCCCCCCCCCCCCCCCCCCCCCCC(=O)NC(COP(=O)(O)OCC[N+](C)(C)C)C(O)CCCCCCCCCCC. The Kier molecular flexibility index (Phi) is 50.1. The first-order valence-corrected chi connectivity index (χ1v) is 31.4. The quantitative estimate of drug-likeness (QED) is 0.0319. The van der Waals surface area contributed by atoms with Crippen LogP contribution in [0.3, 0.4) is 0 Å². The predicted octanol–water partition coefficient (Wildman–Crippen LogP) is 18.0. The fraction of sp³-hybridized carbons (Fsp3) is 0.983. The Morgan fingerprint density at radius 1 is 0.448 bits per heavy atom. The molecule has 0 radical (unpaired) electrons. The summed E-state index contributed by atoms with van der Waals surface area (Å²) >= 11 is 0. The van der Waals surface area contributed by atoms with Crippen molar-refractivity contribution in [3.05, 3.63) is 0 Å². The van der Waals surface area contributed by atoms with Gasteiger partial charge >= 0.3 is 7.82 Å². The summed E-state index contributed by atoms with van der Waals surface area (Å²) in [5.41, 5.74) is 0. The van der Waals surface area contributed by atoms with Crippen LogP contribution >= 0.6 is 7.82 Å². The van der Waals surface area contributed by atoms with Crippen LogP contribution in [0, 0.1) is 0 Å². The van der Waals surface area contributed by atoms with Gasteiger partial charge in [0.1, 0.15) is 13.2 Å². The van der Waals surface area contributed by atoms with E-state index < -0.39 is 20.0 Å². The topological polar surface area (TPSA) is 105 Å². The third-order valence-electron chi connectivity index (χ3n) is 14.1. The van der Waals surface area contributed by atoms with E-state index in [1.165, 1.54) is 250 Å². The van der Waals surface area contributed by atoms with Gasteiger partial charge in [0.2, 0.25) is 5.91 Å². The number of phosphoric acid groups is 1. The number of hydrogen-bond acceptors (Lipinski definition) is 5. The summed E-state index contributed by atoms with van der Waals surface area (Å²) in [5.74, 6) is -0.139. The number of amides is 1. The van der Waals surface area contributed by atoms with E-state index >= 15 is 0 Å². The standard InChI is InChI=1S/C58H119N2O6P/c1-6-8-10-12-14-16-17-18-19-20-21-22-23-24-25-26-27-28-29-30-31-32-33-34-35-36-37-38-39-40-41-42-44-46-48-50-52-58(62)59-56(55-66-67(63,64)65-54-53-60(3,4)5)57(61)51-49-47-45-43-15-13-11-9-7-2/h56-57,61H,6-55H2,1-5H3,(H-,59,62,63,64)/p+1. The number of rotatable bonds is 56. The third kappa shape index (κ3) is 53.1. The molecule has 0 bridgehead atoms. The van der Waals surface area contributed by atoms with Gasteiger partial charge in [-0.05, 0) is 12.8 Å². The highest BCUT2D eigenvalue weighted by Crippen LogP contribution is 2.43. The van der Waals surface area contributed by atoms with Crippen molar-refractivity contribution in [2.75, 3.05) is 40.9 Å². The number of aliphatic hydroxyl groups excluding tert-OH is 1. The summed E-state index contributed by atoms with van der Waals surface area (Å²) in [4.78, 5) is 23.2. The van der Waals surface area contributed by atoms with E-state index in [1.807, 2.05) is 21.1 Å². The van der Waals surface area contributed by atoms with Gasteiger partial charge in [0, 0.05) is 6.42 Å². The van der Waals surface area contributed by atoms with Crippen LogP contribution in [0.1, 0.15) is 316 Å². The highest BCUT2D eigenvalue weighted by Gasteiger charge is 2.28. The molecule has 1 amide bonds. The number of unbranched alkanes of at least 4 members (excludes halogenated alkanes) is 43. The molecule has 0 aliphatic heterocycles. The molecule has 9 heteroatoms. The molecule has 0 saturated carbocycles. The lowest BCUT2D eigenvalue weighted by Crippen LogP contribution is -2.46. The normalized spacial score (nSPS) is 13.8. The lowest BCUT2D eigenvalue weighted by Gasteiger charge is -2.26. The van der Waals surface area contributed by atoms with Gasteiger partial charge in [-0.3, -0.25) is 13.8 Å². The van der Waals surface area contributed by atoms with Crippen LogP contribution < -0.4 is 5.32 Å². The van der Waals surface area contributed by atoms with Crippen molar-refractivity contribution in [1.82, 2.24) is 5.32 Å². The van der Waals surface area contributed by atoms with Gasteiger partial charge in [-0.2, -0.15) is 0 Å². The summed E-state index contributed by atoms with van der Waals surface area (Å²) in [5, 5.41) is 14.0. The van der Waals surface area contributed by atoms with E-state index in [9.17, 15) is 19.4 Å². The molecule has 0 aromatic heterocycles. The highest BCUT2D eigenvalue weighted by molar-refractivity contribution is 7.47. The molecule has 0 aliphatic rings. The van der Waals surface area contributed by atoms with Crippen LogP contribution in [0.15, 0.2) is 0 Å². The van der Waals surface area contributed by atoms with Crippen LogP contribution in [0.25, 0.3) is 0 Å². The molecule has 67 heavy (non-hydrogen) atoms. The first-order valence-electron chi connectivity index (χ1n) is 29.9. The number of nitrogens with zero attached hydrogens (tertiary/aromatic N) is 1. The molecule has 0 saturated heterocycles. The number of quaternary nitrogens is 1. The second-order valence-electron chi connectivity index (χ2n) is 22.1. The molecule has 0 spiro atoms. The smallest absolute Gasteiger partial charge is 0.391 e. The molecule has 402 valence electrons. The lowest BCUT2D eigenvalue weighted by molar-refractivity contribution is -0.870. The second-order valence-corrected chi connectivity index (χ2v) is 23.5. The highest BCUT2D eigenvalue weighted by atomic mass is 31.2. The van der Waals surface area contributed by atoms with Gasteiger partial charge in [-0.15, -0.1) is 0 Å². The molecule has 0 heterocycles. The number of nitrogens with one attached hydrogen (secondary N) is 1. The number of hydrogen-bond donors (Lipinski definition) is 3. The van der Waals surface area contributed by atoms with E-state index in [4.69, 9.17) is 9.05 Å². The van der Waals surface area contributed by atoms with Crippen LogP contribution in [-0.2, 0) is 18.4 Å². The number of aliphatic hydroxyl groups is 1. The zero-order valence-corrected chi connectivity index (χ0v) is 46.8. The molecule has 0 rings (SSSR count). The second kappa shape index (κ2) is 50.4. The number of carbonyl (C=O) groups is 1. The van der Waals surface area contributed by atoms with Crippen LogP contribution in [-0.4, -0.2) is 73.4 Å². The van der Waals surface area contributed by atoms with Crippen molar-refractivity contribution in [3.63, 3.8) is 0 Å². The first-order chi connectivity index (χ1) is 32.5. The largest absolute Gasteiger partial charge is 0.472 e. The number of carbonyl (C=O) groups excluding carboxylic acids is 1. The van der Waals surface area contributed by atoms with Gasteiger partial charge in [-0.1, -0.05) is 296 Å². The van der Waals surface area contributed by atoms with Gasteiger partial charge < -0.3 is 19.8 Å². The summed E-state index contributed by atoms with van der Waals surface area (Å²) in [6.45, 7) is 4.90. The zero-order valence-electron chi connectivity index (χ0n) is 45.9. The predicted molar refractivity (Wildman–Crippen MR) is 291 cm³/mol. The number of phosphoric ester groups is 1. The van der Waals surface area contributed by atoms with E-state index in [0.29, 0.717) is 23.9 Å². The third-order valence-corrected chi connectivity index (χ3v) is 15.1. The van der Waals surface area contributed by atoms with E-state index in [0.717, 1.165) is 38.5 Å². The molecule has 3 unspecified atom stereocenters. The lowest BCUT2D eigenvalue weighted by atomic mass is 10.0. The van der Waals surface area contributed by atoms with Crippen molar-refractivity contribution in [2.24, 2.45) is 0 Å². The number of likely N-dealkylation sites (N-methyl/N-ethyl adjacent to an activating group) is 1. The zero-order chi connectivity index (χ0) is 49.2. The fourth-order valence-corrected chi connectivity index (χ4v) is 10.1. The average Bonchev–Trinajstić information content (AvgIpc) is 3.29. The summed E-state index contributed by atoms with van der Waals surface area (Å²) in [7, 11) is 1.63. The van der Waals surface area contributed by atoms with Gasteiger partial charge in [0.15, 0.2) is 0 Å². The molecular weight excluding hydrogens is 852 g/mol. The first kappa shape index (κ1) is 66.5. The minimum atomic E-state index is -4.31. The van der Waals surface area contributed by atoms with E-state index in [2.05, 4.69) is 19.2 Å². The van der Waals surface area contributed by atoms with Crippen LogP contribution in [0.2, 0.25) is 0 Å². The molecule has 0 aliphatic carbocycles. The average molecular weight is 973 g/mol.